The maximum Gasteiger partial charge on any atom is 0.336 e. The van der Waals surface area contributed by atoms with Crippen LogP contribution in [0.1, 0.15) is 16.1 Å². The van der Waals surface area contributed by atoms with Crippen molar-refractivity contribution in [2.75, 3.05) is 0 Å². The molecule has 0 aliphatic heterocycles. The molecule has 0 unspecified atom stereocenters. The van der Waals surface area contributed by atoms with Crippen LogP contribution in [-0.2, 0) is 0 Å². The first-order valence-electron chi connectivity index (χ1n) is 4.94. The third-order valence-electron chi connectivity index (χ3n) is 2.38. The van der Waals surface area contributed by atoms with Crippen LogP contribution in [0, 0.1) is 6.92 Å². The van der Waals surface area contributed by atoms with Crippen molar-refractivity contribution in [3.05, 3.63) is 53.9 Å². The first-order chi connectivity index (χ1) is 7.68. The summed E-state index contributed by atoms with van der Waals surface area (Å²) in [6.45, 7) is 1.90. The number of carboxylic acids is 1. The highest BCUT2D eigenvalue weighted by Gasteiger charge is 2.10. The van der Waals surface area contributed by atoms with Gasteiger partial charge in [-0.2, -0.15) is 0 Å². The van der Waals surface area contributed by atoms with Gasteiger partial charge in [0.1, 0.15) is 0 Å². The van der Waals surface area contributed by atoms with Crippen LogP contribution in [0.15, 0.2) is 42.6 Å². The molecule has 0 spiro atoms. The summed E-state index contributed by atoms with van der Waals surface area (Å²) in [6.07, 6.45) is 1.69. The highest BCUT2D eigenvalue weighted by atomic mass is 16.4. The van der Waals surface area contributed by atoms with Crippen LogP contribution in [0.25, 0.3) is 11.1 Å². The van der Waals surface area contributed by atoms with Crippen LogP contribution in [-0.4, -0.2) is 16.1 Å². The normalized spacial score (nSPS) is 10.1. The Morgan fingerprint density at radius 2 is 1.94 bits per heavy atom. The molecule has 1 aromatic heterocycles. The van der Waals surface area contributed by atoms with Gasteiger partial charge in [0.25, 0.3) is 0 Å². The number of carboxylic acid groups (broad SMARTS) is 1. The van der Waals surface area contributed by atoms with Crippen LogP contribution >= 0.6 is 0 Å². The molecule has 2 rings (SSSR count). The molecule has 1 N–H and O–H groups in total. The van der Waals surface area contributed by atoms with Gasteiger partial charge in [0, 0.05) is 17.5 Å². The number of hydrogen-bond acceptors (Lipinski definition) is 2. The van der Waals surface area contributed by atoms with E-state index in [0.717, 1.165) is 11.3 Å². The Morgan fingerprint density at radius 3 is 2.56 bits per heavy atom. The zero-order valence-electron chi connectivity index (χ0n) is 8.84. The van der Waals surface area contributed by atoms with E-state index in [0.29, 0.717) is 11.1 Å². The molecule has 3 heteroatoms. The van der Waals surface area contributed by atoms with Crippen molar-refractivity contribution in [2.45, 2.75) is 6.92 Å². The first kappa shape index (κ1) is 10.4. The zero-order chi connectivity index (χ0) is 11.5. The molecule has 16 heavy (non-hydrogen) atoms. The molecular weight excluding hydrogens is 202 g/mol. The number of benzene rings is 1. The minimum atomic E-state index is -0.920. The lowest BCUT2D eigenvalue weighted by atomic mass is 10.0. The van der Waals surface area contributed by atoms with Crippen molar-refractivity contribution in [1.82, 2.24) is 4.98 Å². The minimum absolute atomic E-state index is 0.299. The third-order valence-corrected chi connectivity index (χ3v) is 2.38. The van der Waals surface area contributed by atoms with E-state index in [-0.39, 0.29) is 0 Å². The fraction of sp³-hybridized carbons (Fsp3) is 0.0769. The Labute approximate surface area is 93.4 Å². The monoisotopic (exact) mass is 213 g/mol. The molecule has 0 saturated heterocycles. The molecule has 0 atom stereocenters. The van der Waals surface area contributed by atoms with Gasteiger partial charge in [-0.1, -0.05) is 24.3 Å². The second kappa shape index (κ2) is 4.14. The number of rotatable bonds is 2. The van der Waals surface area contributed by atoms with Crippen LogP contribution in [0.5, 0.6) is 0 Å². The highest BCUT2D eigenvalue weighted by Crippen LogP contribution is 2.22. The molecule has 2 aromatic rings. The van der Waals surface area contributed by atoms with E-state index in [1.807, 2.05) is 25.1 Å². The average molecular weight is 213 g/mol. The quantitative estimate of drug-likeness (QED) is 0.834. The Morgan fingerprint density at radius 1 is 1.19 bits per heavy atom. The number of aromatic nitrogens is 1. The first-order valence-corrected chi connectivity index (χ1v) is 4.94. The van der Waals surface area contributed by atoms with E-state index >= 15 is 0 Å². The Hall–Kier alpha value is -2.16. The van der Waals surface area contributed by atoms with Crippen LogP contribution in [0.4, 0.5) is 0 Å². The van der Waals surface area contributed by atoms with Crippen molar-refractivity contribution in [3.63, 3.8) is 0 Å². The number of aryl methyl sites for hydroxylation is 1. The van der Waals surface area contributed by atoms with E-state index in [2.05, 4.69) is 4.98 Å². The smallest absolute Gasteiger partial charge is 0.336 e. The number of carbonyl (C=O) groups is 1. The summed E-state index contributed by atoms with van der Waals surface area (Å²) in [5.74, 6) is -0.920. The van der Waals surface area contributed by atoms with Crippen LogP contribution in [0.3, 0.4) is 0 Å². The molecule has 1 aromatic carbocycles. The number of aromatic carboxylic acids is 1. The summed E-state index contributed by atoms with van der Waals surface area (Å²) in [7, 11) is 0. The minimum Gasteiger partial charge on any atom is -0.478 e. The van der Waals surface area contributed by atoms with Crippen molar-refractivity contribution in [2.24, 2.45) is 0 Å². The third kappa shape index (κ3) is 1.93. The van der Waals surface area contributed by atoms with Gasteiger partial charge in [0.15, 0.2) is 0 Å². The van der Waals surface area contributed by atoms with Crippen molar-refractivity contribution < 1.29 is 9.90 Å². The number of pyridine rings is 1. The lowest BCUT2D eigenvalue weighted by Gasteiger charge is -2.05. The number of nitrogens with zero attached hydrogens (tertiary/aromatic N) is 1. The van der Waals surface area contributed by atoms with Crippen molar-refractivity contribution in [3.8, 4) is 11.1 Å². The van der Waals surface area contributed by atoms with Gasteiger partial charge >= 0.3 is 5.97 Å². The van der Waals surface area contributed by atoms with E-state index in [4.69, 9.17) is 5.11 Å². The molecular formula is C13H11NO2. The molecule has 0 radical (unpaired) electrons. The topological polar surface area (TPSA) is 50.2 Å². The van der Waals surface area contributed by atoms with Gasteiger partial charge in [-0.25, -0.2) is 4.79 Å². The largest absolute Gasteiger partial charge is 0.478 e. The Balaban J connectivity index is 2.55. The lowest BCUT2D eigenvalue weighted by Crippen LogP contribution is -1.99. The second-order valence-electron chi connectivity index (χ2n) is 3.54. The standard InChI is InChI=1S/C13H11NO2/c1-9-6-7-10(8-14-9)11-4-2-3-5-12(11)13(15)16/h2-8H,1H3,(H,15,16). The molecule has 0 aliphatic carbocycles. The molecule has 0 aliphatic rings. The highest BCUT2D eigenvalue weighted by molar-refractivity contribution is 5.95. The van der Waals surface area contributed by atoms with Gasteiger partial charge in [0.05, 0.1) is 5.56 Å². The fourth-order valence-corrected chi connectivity index (χ4v) is 1.55. The number of hydrogen-bond donors (Lipinski definition) is 1. The maximum absolute atomic E-state index is 11.0. The Bertz CT molecular complexity index is 518. The fourth-order valence-electron chi connectivity index (χ4n) is 1.55. The summed E-state index contributed by atoms with van der Waals surface area (Å²) < 4.78 is 0. The van der Waals surface area contributed by atoms with E-state index < -0.39 is 5.97 Å². The summed E-state index contributed by atoms with van der Waals surface area (Å²) >= 11 is 0. The lowest BCUT2D eigenvalue weighted by molar-refractivity contribution is 0.0698. The molecule has 1 heterocycles. The molecule has 0 fully saturated rings. The molecule has 3 nitrogen and oxygen atoms in total. The molecule has 0 saturated carbocycles. The van der Waals surface area contributed by atoms with Gasteiger partial charge in [-0.15, -0.1) is 0 Å². The predicted molar refractivity (Wildman–Crippen MR) is 61.4 cm³/mol. The molecule has 0 amide bonds. The van der Waals surface area contributed by atoms with E-state index in [9.17, 15) is 4.79 Å². The maximum atomic E-state index is 11.0. The van der Waals surface area contributed by atoms with Gasteiger partial charge in [-0.05, 0) is 24.6 Å². The average Bonchev–Trinajstić information content (AvgIpc) is 2.30. The Kier molecular flexibility index (Phi) is 2.68. The summed E-state index contributed by atoms with van der Waals surface area (Å²) in [5.41, 5.74) is 2.73. The summed E-state index contributed by atoms with van der Waals surface area (Å²) in [6, 6.07) is 10.7. The summed E-state index contributed by atoms with van der Waals surface area (Å²) in [5, 5.41) is 9.06. The molecule has 0 bridgehead atoms. The van der Waals surface area contributed by atoms with Gasteiger partial charge in [0.2, 0.25) is 0 Å². The summed E-state index contributed by atoms with van der Waals surface area (Å²) in [4.78, 5) is 15.2. The molecule has 80 valence electrons. The van der Waals surface area contributed by atoms with Gasteiger partial charge in [-0.3, -0.25) is 4.98 Å². The zero-order valence-corrected chi connectivity index (χ0v) is 8.84. The van der Waals surface area contributed by atoms with Crippen LogP contribution in [0.2, 0.25) is 0 Å². The van der Waals surface area contributed by atoms with E-state index in [1.54, 1.807) is 24.4 Å². The van der Waals surface area contributed by atoms with E-state index in [1.165, 1.54) is 0 Å². The predicted octanol–water partition coefficient (Wildman–Crippen LogP) is 2.76. The van der Waals surface area contributed by atoms with Gasteiger partial charge < -0.3 is 5.11 Å². The van der Waals surface area contributed by atoms with Crippen molar-refractivity contribution in [1.29, 1.82) is 0 Å². The SMILES string of the molecule is Cc1ccc(-c2ccccc2C(=O)O)cn1. The van der Waals surface area contributed by atoms with Crippen molar-refractivity contribution >= 4 is 5.97 Å². The second-order valence-corrected chi connectivity index (χ2v) is 3.54. The van der Waals surface area contributed by atoms with Crippen LogP contribution < -0.4 is 0 Å².